The van der Waals surface area contributed by atoms with Crippen LogP contribution in [0.2, 0.25) is 0 Å². The number of hydrogen-bond acceptors (Lipinski definition) is 4. The van der Waals surface area contributed by atoms with Crippen LogP contribution < -0.4 is 4.74 Å². The first-order chi connectivity index (χ1) is 6.81. The van der Waals surface area contributed by atoms with Gasteiger partial charge in [-0.2, -0.15) is 9.67 Å². The Morgan fingerprint density at radius 1 is 1.57 bits per heavy atom. The predicted molar refractivity (Wildman–Crippen MR) is 53.1 cm³/mol. The third kappa shape index (κ3) is 1.90. The van der Waals surface area contributed by atoms with Crippen molar-refractivity contribution >= 4 is 15.9 Å². The van der Waals surface area contributed by atoms with Gasteiger partial charge in [0.25, 0.3) is 0 Å². The van der Waals surface area contributed by atoms with E-state index in [1.807, 2.05) is 0 Å². The summed E-state index contributed by atoms with van der Waals surface area (Å²) in [7, 11) is 1.58. The van der Waals surface area contributed by atoms with Crippen molar-refractivity contribution in [1.29, 1.82) is 0 Å². The largest absolute Gasteiger partial charge is 0.467 e. The standard InChI is InChI=1S/C8H12BrN3O2/c1-13-8-10-7(9)11-12(8)6-4-2-3-5-14-6/h6H,2-5H2,1H3/t6-/m0/s1. The van der Waals surface area contributed by atoms with Gasteiger partial charge in [-0.25, -0.2) is 0 Å². The lowest BCUT2D eigenvalue weighted by molar-refractivity contribution is -0.0437. The zero-order valence-electron chi connectivity index (χ0n) is 7.94. The van der Waals surface area contributed by atoms with Gasteiger partial charge in [0.1, 0.15) is 0 Å². The molecule has 1 saturated heterocycles. The molecule has 0 bridgehead atoms. The van der Waals surface area contributed by atoms with Crippen LogP contribution in [0.15, 0.2) is 4.73 Å². The van der Waals surface area contributed by atoms with E-state index in [2.05, 4.69) is 26.0 Å². The van der Waals surface area contributed by atoms with Gasteiger partial charge >= 0.3 is 6.01 Å². The first-order valence-corrected chi connectivity index (χ1v) is 5.38. The lowest BCUT2D eigenvalue weighted by atomic mass is 10.2. The Kier molecular flexibility index (Phi) is 3.02. The van der Waals surface area contributed by atoms with Crippen molar-refractivity contribution in [3.8, 4) is 6.01 Å². The molecule has 2 heterocycles. The summed E-state index contributed by atoms with van der Waals surface area (Å²) in [5.41, 5.74) is 0. The second-order valence-corrected chi connectivity index (χ2v) is 3.84. The number of halogens is 1. The summed E-state index contributed by atoms with van der Waals surface area (Å²) >= 11 is 3.21. The summed E-state index contributed by atoms with van der Waals surface area (Å²) in [5, 5.41) is 4.18. The smallest absolute Gasteiger partial charge is 0.318 e. The van der Waals surface area contributed by atoms with E-state index in [-0.39, 0.29) is 6.23 Å². The average Bonchev–Trinajstić information content (AvgIpc) is 2.61. The molecule has 2 rings (SSSR count). The van der Waals surface area contributed by atoms with E-state index in [0.29, 0.717) is 10.7 Å². The first kappa shape index (κ1) is 9.92. The van der Waals surface area contributed by atoms with E-state index in [4.69, 9.17) is 9.47 Å². The third-order valence-corrected chi connectivity index (χ3v) is 2.52. The SMILES string of the molecule is COc1nc(Br)nn1[C@@H]1CCCCO1. The van der Waals surface area contributed by atoms with E-state index in [0.717, 1.165) is 25.9 Å². The number of ether oxygens (including phenoxy) is 2. The molecule has 0 aliphatic carbocycles. The third-order valence-electron chi connectivity index (χ3n) is 2.19. The van der Waals surface area contributed by atoms with Crippen LogP contribution in [-0.2, 0) is 4.74 Å². The number of methoxy groups -OCH3 is 1. The zero-order chi connectivity index (χ0) is 9.97. The van der Waals surface area contributed by atoms with Gasteiger partial charge < -0.3 is 9.47 Å². The molecule has 5 nitrogen and oxygen atoms in total. The maximum absolute atomic E-state index is 5.58. The summed E-state index contributed by atoms with van der Waals surface area (Å²) in [5.74, 6) is 0. The molecule has 1 aromatic rings. The Morgan fingerprint density at radius 3 is 3.07 bits per heavy atom. The molecule has 0 aromatic carbocycles. The number of rotatable bonds is 2. The Bertz CT molecular complexity index is 310. The highest BCUT2D eigenvalue weighted by Gasteiger charge is 2.21. The quantitative estimate of drug-likeness (QED) is 0.814. The van der Waals surface area contributed by atoms with E-state index in [1.165, 1.54) is 0 Å². The van der Waals surface area contributed by atoms with Crippen molar-refractivity contribution < 1.29 is 9.47 Å². The van der Waals surface area contributed by atoms with Crippen molar-refractivity contribution in [1.82, 2.24) is 14.8 Å². The summed E-state index contributed by atoms with van der Waals surface area (Å²) in [6.07, 6.45) is 3.21. The Labute approximate surface area is 90.5 Å². The minimum Gasteiger partial charge on any atom is -0.467 e. The van der Waals surface area contributed by atoms with E-state index in [1.54, 1.807) is 11.8 Å². The van der Waals surface area contributed by atoms with Gasteiger partial charge in [0.15, 0.2) is 6.23 Å². The summed E-state index contributed by atoms with van der Waals surface area (Å²) in [4.78, 5) is 4.07. The zero-order valence-corrected chi connectivity index (χ0v) is 9.53. The van der Waals surface area contributed by atoms with Crippen LogP contribution in [0.5, 0.6) is 6.01 Å². The molecule has 1 fully saturated rings. The summed E-state index contributed by atoms with van der Waals surface area (Å²) in [6.45, 7) is 0.783. The van der Waals surface area contributed by atoms with Gasteiger partial charge in [0, 0.05) is 6.61 Å². The highest BCUT2D eigenvalue weighted by atomic mass is 79.9. The summed E-state index contributed by atoms with van der Waals surface area (Å²) in [6, 6.07) is 0.490. The van der Waals surface area contributed by atoms with Crippen molar-refractivity contribution in [3.63, 3.8) is 0 Å². The minimum atomic E-state index is -0.0301. The maximum Gasteiger partial charge on any atom is 0.318 e. The van der Waals surface area contributed by atoms with Gasteiger partial charge in [-0.15, -0.1) is 5.10 Å². The first-order valence-electron chi connectivity index (χ1n) is 4.59. The van der Waals surface area contributed by atoms with Crippen LogP contribution in [0, 0.1) is 0 Å². The minimum absolute atomic E-state index is 0.0301. The molecular weight excluding hydrogens is 250 g/mol. The molecule has 1 aliphatic heterocycles. The average molecular weight is 262 g/mol. The fraction of sp³-hybridized carbons (Fsp3) is 0.750. The topological polar surface area (TPSA) is 49.2 Å². The Hall–Kier alpha value is -0.620. The second-order valence-electron chi connectivity index (χ2n) is 3.13. The molecule has 14 heavy (non-hydrogen) atoms. The Morgan fingerprint density at radius 2 is 2.43 bits per heavy atom. The number of hydrogen-bond donors (Lipinski definition) is 0. The van der Waals surface area contributed by atoms with Crippen LogP contribution in [0.25, 0.3) is 0 Å². The van der Waals surface area contributed by atoms with Crippen molar-refractivity contribution in [2.45, 2.75) is 25.5 Å². The summed E-state index contributed by atoms with van der Waals surface area (Å²) < 4.78 is 12.9. The Balaban J connectivity index is 2.20. The van der Waals surface area contributed by atoms with Crippen LogP contribution in [-0.4, -0.2) is 28.5 Å². The van der Waals surface area contributed by atoms with Gasteiger partial charge in [0.05, 0.1) is 7.11 Å². The molecule has 0 spiro atoms. The molecular formula is C8H12BrN3O2. The number of aromatic nitrogens is 3. The second kappa shape index (κ2) is 4.27. The maximum atomic E-state index is 5.58. The lowest BCUT2D eigenvalue weighted by Gasteiger charge is -2.22. The van der Waals surface area contributed by atoms with Gasteiger partial charge in [0.2, 0.25) is 4.73 Å². The van der Waals surface area contributed by atoms with Crippen LogP contribution >= 0.6 is 15.9 Å². The molecule has 0 unspecified atom stereocenters. The van der Waals surface area contributed by atoms with E-state index < -0.39 is 0 Å². The van der Waals surface area contributed by atoms with Gasteiger partial charge in [-0.3, -0.25) is 0 Å². The van der Waals surface area contributed by atoms with Gasteiger partial charge in [-0.05, 0) is 35.2 Å². The molecule has 0 saturated carbocycles. The van der Waals surface area contributed by atoms with Crippen LogP contribution in [0.4, 0.5) is 0 Å². The van der Waals surface area contributed by atoms with Crippen molar-refractivity contribution in [2.24, 2.45) is 0 Å². The normalized spacial score (nSPS) is 22.3. The molecule has 1 aromatic heterocycles. The molecule has 0 radical (unpaired) electrons. The lowest BCUT2D eigenvalue weighted by Crippen LogP contribution is -2.19. The fourth-order valence-electron chi connectivity index (χ4n) is 1.53. The van der Waals surface area contributed by atoms with Crippen molar-refractivity contribution in [3.05, 3.63) is 4.73 Å². The van der Waals surface area contributed by atoms with Crippen LogP contribution in [0.3, 0.4) is 0 Å². The predicted octanol–water partition coefficient (Wildman–Crippen LogP) is 1.75. The highest BCUT2D eigenvalue weighted by Crippen LogP contribution is 2.26. The van der Waals surface area contributed by atoms with Gasteiger partial charge in [-0.1, -0.05) is 0 Å². The number of nitrogens with zero attached hydrogens (tertiary/aromatic N) is 3. The molecule has 6 heteroatoms. The van der Waals surface area contributed by atoms with Crippen molar-refractivity contribution in [2.75, 3.05) is 13.7 Å². The molecule has 1 atom stereocenters. The highest BCUT2D eigenvalue weighted by molar-refractivity contribution is 9.10. The monoisotopic (exact) mass is 261 g/mol. The van der Waals surface area contributed by atoms with Crippen LogP contribution in [0.1, 0.15) is 25.5 Å². The molecule has 0 N–H and O–H groups in total. The molecule has 0 amide bonds. The molecule has 1 aliphatic rings. The fourth-order valence-corrected chi connectivity index (χ4v) is 1.85. The molecule has 78 valence electrons. The van der Waals surface area contributed by atoms with E-state index in [9.17, 15) is 0 Å². The van der Waals surface area contributed by atoms with E-state index >= 15 is 0 Å².